The van der Waals surface area contributed by atoms with Crippen LogP contribution < -0.4 is 5.43 Å². The maximum Gasteiger partial charge on any atom is 0.287 e. The molecule has 0 aliphatic rings. The van der Waals surface area contributed by atoms with Gasteiger partial charge in [0, 0.05) is 6.20 Å². The van der Waals surface area contributed by atoms with Gasteiger partial charge in [0.1, 0.15) is 11.5 Å². The number of amides is 1. The number of aromatic amines is 1. The molecule has 2 heterocycles. The molecule has 2 rings (SSSR count). The summed E-state index contributed by atoms with van der Waals surface area (Å²) in [7, 11) is 0. The summed E-state index contributed by atoms with van der Waals surface area (Å²) in [6.45, 7) is 0. The molecule has 0 spiro atoms. The predicted molar refractivity (Wildman–Crippen MR) is 59.6 cm³/mol. The summed E-state index contributed by atoms with van der Waals surface area (Å²) in [4.78, 5) is 14.1. The van der Waals surface area contributed by atoms with E-state index in [0.717, 1.165) is 0 Å². The third-order valence-corrected chi connectivity index (χ3v) is 2.01. The van der Waals surface area contributed by atoms with Crippen molar-refractivity contribution in [2.75, 3.05) is 0 Å². The van der Waals surface area contributed by atoms with Crippen LogP contribution in [0.15, 0.2) is 40.2 Å². The second-order valence-electron chi connectivity index (χ2n) is 2.95. The Morgan fingerprint density at radius 1 is 1.62 bits per heavy atom. The van der Waals surface area contributed by atoms with E-state index in [1.165, 1.54) is 24.7 Å². The van der Waals surface area contributed by atoms with Gasteiger partial charge < -0.3 is 9.40 Å². The molecule has 2 aromatic rings. The van der Waals surface area contributed by atoms with Gasteiger partial charge in [-0.3, -0.25) is 4.79 Å². The summed E-state index contributed by atoms with van der Waals surface area (Å²) in [5, 5.41) is 4.19. The number of carbonyl (C=O) groups is 1. The van der Waals surface area contributed by atoms with Crippen molar-refractivity contribution in [3.8, 4) is 0 Å². The largest absolute Gasteiger partial charge is 0.463 e. The molecule has 5 nitrogen and oxygen atoms in total. The molecule has 1 amide bonds. The lowest BCUT2D eigenvalue weighted by molar-refractivity contribution is 0.0951. The molecule has 2 N–H and O–H groups in total. The van der Waals surface area contributed by atoms with Gasteiger partial charge in [0.25, 0.3) is 5.91 Å². The molecule has 16 heavy (non-hydrogen) atoms. The Kier molecular flexibility index (Phi) is 3.07. The van der Waals surface area contributed by atoms with Crippen LogP contribution in [0.1, 0.15) is 16.2 Å². The standard InChI is InChI=1S/C10H8ClN3O2/c11-7-4-9(12-5-7)10(15)14-13-6-8-2-1-3-16-8/h1-6,12H,(H,14,15). The average molecular weight is 238 g/mol. The minimum absolute atomic E-state index is 0.349. The quantitative estimate of drug-likeness (QED) is 0.633. The van der Waals surface area contributed by atoms with E-state index >= 15 is 0 Å². The molecule has 82 valence electrons. The zero-order valence-corrected chi connectivity index (χ0v) is 8.86. The van der Waals surface area contributed by atoms with Crippen LogP contribution in [0.3, 0.4) is 0 Å². The highest BCUT2D eigenvalue weighted by molar-refractivity contribution is 6.30. The van der Waals surface area contributed by atoms with E-state index < -0.39 is 0 Å². The number of aromatic nitrogens is 1. The highest BCUT2D eigenvalue weighted by atomic mass is 35.5. The lowest BCUT2D eigenvalue weighted by Gasteiger charge is -1.94. The predicted octanol–water partition coefficient (Wildman–Crippen LogP) is 2.02. The van der Waals surface area contributed by atoms with Crippen molar-refractivity contribution >= 4 is 23.7 Å². The molecule has 0 atom stereocenters. The number of hydrogen-bond donors (Lipinski definition) is 2. The van der Waals surface area contributed by atoms with E-state index in [-0.39, 0.29) is 5.91 Å². The van der Waals surface area contributed by atoms with Crippen LogP contribution in [-0.4, -0.2) is 17.1 Å². The van der Waals surface area contributed by atoms with Crippen molar-refractivity contribution < 1.29 is 9.21 Å². The molecule has 0 aliphatic heterocycles. The Morgan fingerprint density at radius 3 is 3.12 bits per heavy atom. The van der Waals surface area contributed by atoms with Crippen molar-refractivity contribution in [2.45, 2.75) is 0 Å². The summed E-state index contributed by atoms with van der Waals surface area (Å²) in [6, 6.07) is 4.97. The number of H-pyrrole nitrogens is 1. The van der Waals surface area contributed by atoms with E-state index in [1.54, 1.807) is 12.1 Å². The second-order valence-corrected chi connectivity index (χ2v) is 3.38. The van der Waals surface area contributed by atoms with Crippen molar-refractivity contribution in [3.63, 3.8) is 0 Å². The van der Waals surface area contributed by atoms with Crippen LogP contribution in [0.25, 0.3) is 0 Å². The Morgan fingerprint density at radius 2 is 2.50 bits per heavy atom. The second kappa shape index (κ2) is 4.67. The summed E-state index contributed by atoms with van der Waals surface area (Å²) >= 11 is 5.66. The maximum atomic E-state index is 11.4. The van der Waals surface area contributed by atoms with Crippen LogP contribution in [0.4, 0.5) is 0 Å². The van der Waals surface area contributed by atoms with Crippen molar-refractivity contribution in [3.05, 3.63) is 47.1 Å². The Bertz CT molecular complexity index is 502. The van der Waals surface area contributed by atoms with Crippen molar-refractivity contribution in [1.29, 1.82) is 0 Å². The van der Waals surface area contributed by atoms with E-state index in [0.29, 0.717) is 16.5 Å². The Hall–Kier alpha value is -2.01. The zero-order chi connectivity index (χ0) is 11.4. The first-order chi connectivity index (χ1) is 7.75. The summed E-state index contributed by atoms with van der Waals surface area (Å²) in [5.41, 5.74) is 2.68. The fraction of sp³-hybridized carbons (Fsp3) is 0. The van der Waals surface area contributed by atoms with Gasteiger partial charge in [-0.25, -0.2) is 5.43 Å². The van der Waals surface area contributed by atoms with E-state index in [9.17, 15) is 4.79 Å². The van der Waals surface area contributed by atoms with Gasteiger partial charge in [-0.1, -0.05) is 11.6 Å². The molecule has 0 bridgehead atoms. The number of halogens is 1. The first-order valence-corrected chi connectivity index (χ1v) is 4.84. The molecule has 2 aromatic heterocycles. The molecule has 0 saturated heterocycles. The fourth-order valence-electron chi connectivity index (χ4n) is 1.08. The minimum atomic E-state index is -0.366. The molecule has 0 saturated carbocycles. The summed E-state index contributed by atoms with van der Waals surface area (Å²) in [6.07, 6.45) is 4.45. The molecular weight excluding hydrogens is 230 g/mol. The van der Waals surface area contributed by atoms with Gasteiger partial charge in [-0.15, -0.1) is 0 Å². The van der Waals surface area contributed by atoms with E-state index in [2.05, 4.69) is 15.5 Å². The molecular formula is C10H8ClN3O2. The third-order valence-electron chi connectivity index (χ3n) is 1.79. The number of hydrogen-bond acceptors (Lipinski definition) is 3. The molecule has 0 aromatic carbocycles. The van der Waals surface area contributed by atoms with Crippen molar-refractivity contribution in [1.82, 2.24) is 10.4 Å². The van der Waals surface area contributed by atoms with Gasteiger partial charge in [0.2, 0.25) is 0 Å². The number of furan rings is 1. The smallest absolute Gasteiger partial charge is 0.287 e. The lowest BCUT2D eigenvalue weighted by Crippen LogP contribution is -2.17. The van der Waals surface area contributed by atoms with E-state index in [1.807, 2.05) is 0 Å². The van der Waals surface area contributed by atoms with Crippen LogP contribution in [0, 0.1) is 0 Å². The lowest BCUT2D eigenvalue weighted by atomic mass is 10.4. The SMILES string of the molecule is O=C(NN=Cc1ccco1)c1cc(Cl)c[nH]1. The maximum absolute atomic E-state index is 11.4. The average Bonchev–Trinajstić information content (AvgIpc) is 2.89. The molecule has 0 radical (unpaired) electrons. The fourth-order valence-corrected chi connectivity index (χ4v) is 1.24. The van der Waals surface area contributed by atoms with Crippen LogP contribution in [0.2, 0.25) is 5.02 Å². The zero-order valence-electron chi connectivity index (χ0n) is 8.11. The van der Waals surface area contributed by atoms with Crippen LogP contribution >= 0.6 is 11.6 Å². The number of carbonyl (C=O) groups excluding carboxylic acids is 1. The van der Waals surface area contributed by atoms with Crippen molar-refractivity contribution in [2.24, 2.45) is 5.10 Å². The third kappa shape index (κ3) is 2.52. The van der Waals surface area contributed by atoms with Crippen LogP contribution in [-0.2, 0) is 0 Å². The van der Waals surface area contributed by atoms with Crippen LogP contribution in [0.5, 0.6) is 0 Å². The first-order valence-electron chi connectivity index (χ1n) is 4.46. The molecule has 0 aliphatic carbocycles. The number of hydrazone groups is 1. The van der Waals surface area contributed by atoms with Gasteiger partial charge in [-0.2, -0.15) is 5.10 Å². The summed E-state index contributed by atoms with van der Waals surface area (Å²) < 4.78 is 5.00. The van der Waals surface area contributed by atoms with Gasteiger partial charge in [0.05, 0.1) is 17.5 Å². The summed E-state index contributed by atoms with van der Waals surface area (Å²) in [5.74, 6) is 0.194. The molecule has 0 fully saturated rings. The highest BCUT2D eigenvalue weighted by Gasteiger charge is 2.05. The highest BCUT2D eigenvalue weighted by Crippen LogP contribution is 2.08. The monoisotopic (exact) mass is 237 g/mol. The molecule has 0 unspecified atom stereocenters. The van der Waals surface area contributed by atoms with Gasteiger partial charge in [0.15, 0.2) is 0 Å². The molecule has 6 heteroatoms. The Balaban J connectivity index is 1.94. The normalized spacial score (nSPS) is 10.8. The first kappa shape index (κ1) is 10.5. The number of rotatable bonds is 3. The minimum Gasteiger partial charge on any atom is -0.463 e. The Labute approximate surface area is 96.1 Å². The van der Waals surface area contributed by atoms with Gasteiger partial charge in [-0.05, 0) is 18.2 Å². The number of nitrogens with one attached hydrogen (secondary N) is 2. The topological polar surface area (TPSA) is 70.4 Å². The number of nitrogens with zero attached hydrogens (tertiary/aromatic N) is 1. The van der Waals surface area contributed by atoms with E-state index in [4.69, 9.17) is 16.0 Å². The van der Waals surface area contributed by atoms with Gasteiger partial charge >= 0.3 is 0 Å².